The van der Waals surface area contributed by atoms with Gasteiger partial charge in [-0.25, -0.2) is 0 Å². The van der Waals surface area contributed by atoms with E-state index in [1.165, 1.54) is 11.8 Å². The highest BCUT2D eigenvalue weighted by Gasteiger charge is 2.19. The van der Waals surface area contributed by atoms with E-state index in [0.717, 1.165) is 16.8 Å². The van der Waals surface area contributed by atoms with Crippen LogP contribution in [0.25, 0.3) is 11.5 Å². The van der Waals surface area contributed by atoms with E-state index in [9.17, 15) is 4.79 Å². The van der Waals surface area contributed by atoms with Crippen LogP contribution in [-0.2, 0) is 4.79 Å². The quantitative estimate of drug-likeness (QED) is 0.707. The van der Waals surface area contributed by atoms with Crippen LogP contribution in [0.15, 0.2) is 64.2 Å². The van der Waals surface area contributed by atoms with Crippen LogP contribution in [0.2, 0.25) is 0 Å². The van der Waals surface area contributed by atoms with Crippen molar-refractivity contribution in [3.63, 3.8) is 0 Å². The summed E-state index contributed by atoms with van der Waals surface area (Å²) < 4.78 is 5.62. The molecule has 6 heteroatoms. The number of amides is 1. The molecule has 0 bridgehead atoms. The topological polar surface area (TPSA) is 68.0 Å². The molecule has 1 unspecified atom stereocenters. The largest absolute Gasteiger partial charge is 0.411 e. The third-order valence-corrected chi connectivity index (χ3v) is 4.29. The first-order valence-corrected chi connectivity index (χ1v) is 8.43. The Morgan fingerprint density at radius 3 is 2.67 bits per heavy atom. The fourth-order valence-corrected chi connectivity index (χ4v) is 2.81. The molecule has 1 aromatic heterocycles. The summed E-state index contributed by atoms with van der Waals surface area (Å²) >= 11 is 1.24. The lowest BCUT2D eigenvalue weighted by Crippen LogP contribution is -2.22. The molecule has 0 fully saturated rings. The lowest BCUT2D eigenvalue weighted by molar-refractivity contribution is -0.115. The first kappa shape index (κ1) is 16.3. The van der Waals surface area contributed by atoms with E-state index < -0.39 is 0 Å². The van der Waals surface area contributed by atoms with Gasteiger partial charge in [-0.3, -0.25) is 4.79 Å². The third kappa shape index (κ3) is 4.02. The van der Waals surface area contributed by atoms with E-state index in [1.54, 1.807) is 0 Å². The predicted molar refractivity (Wildman–Crippen MR) is 94.9 cm³/mol. The summed E-state index contributed by atoms with van der Waals surface area (Å²) in [6, 6.07) is 17.2. The van der Waals surface area contributed by atoms with Crippen molar-refractivity contribution >= 4 is 23.4 Å². The van der Waals surface area contributed by atoms with Gasteiger partial charge < -0.3 is 9.73 Å². The number of carbonyl (C=O) groups excluding carboxylic acids is 1. The van der Waals surface area contributed by atoms with Crippen LogP contribution in [0, 0.1) is 6.92 Å². The number of hydrogen-bond donors (Lipinski definition) is 1. The maximum absolute atomic E-state index is 12.3. The molecule has 0 radical (unpaired) electrons. The molecule has 0 aliphatic heterocycles. The Kier molecular flexibility index (Phi) is 4.96. The Bertz CT molecular complexity index is 833. The molecule has 1 amide bonds. The molecule has 0 saturated carbocycles. The van der Waals surface area contributed by atoms with Gasteiger partial charge in [0.05, 0.1) is 5.25 Å². The van der Waals surface area contributed by atoms with Crippen LogP contribution in [0.5, 0.6) is 0 Å². The van der Waals surface area contributed by atoms with Crippen LogP contribution in [0.4, 0.5) is 5.69 Å². The van der Waals surface area contributed by atoms with Crippen molar-refractivity contribution in [2.75, 3.05) is 5.32 Å². The van der Waals surface area contributed by atoms with E-state index >= 15 is 0 Å². The summed E-state index contributed by atoms with van der Waals surface area (Å²) in [5.74, 6) is 0.342. The van der Waals surface area contributed by atoms with Crippen LogP contribution >= 0.6 is 11.8 Å². The molecule has 1 atom stereocenters. The number of carbonyl (C=O) groups is 1. The van der Waals surface area contributed by atoms with Gasteiger partial charge >= 0.3 is 0 Å². The molecule has 122 valence electrons. The zero-order chi connectivity index (χ0) is 16.9. The minimum atomic E-state index is -0.352. The molecule has 3 aromatic rings. The van der Waals surface area contributed by atoms with E-state index in [4.69, 9.17) is 4.42 Å². The summed E-state index contributed by atoms with van der Waals surface area (Å²) in [6.07, 6.45) is 0. The van der Waals surface area contributed by atoms with Gasteiger partial charge in [0.15, 0.2) is 0 Å². The van der Waals surface area contributed by atoms with Crippen molar-refractivity contribution in [1.82, 2.24) is 10.2 Å². The number of aromatic nitrogens is 2. The number of rotatable bonds is 5. The maximum Gasteiger partial charge on any atom is 0.277 e. The smallest absolute Gasteiger partial charge is 0.277 e. The molecule has 0 aliphatic carbocycles. The van der Waals surface area contributed by atoms with Gasteiger partial charge in [-0.15, -0.1) is 10.2 Å². The van der Waals surface area contributed by atoms with Crippen molar-refractivity contribution in [3.05, 3.63) is 60.2 Å². The Balaban J connectivity index is 1.63. The molecular formula is C18H17N3O2S. The average Bonchev–Trinajstić information content (AvgIpc) is 3.04. The lowest BCUT2D eigenvalue weighted by Gasteiger charge is -2.10. The second-order valence-electron chi connectivity index (χ2n) is 5.36. The van der Waals surface area contributed by atoms with Gasteiger partial charge in [-0.05, 0) is 43.7 Å². The third-order valence-electron chi connectivity index (χ3n) is 3.36. The Morgan fingerprint density at radius 1 is 1.12 bits per heavy atom. The zero-order valence-corrected chi connectivity index (χ0v) is 14.2. The van der Waals surface area contributed by atoms with Crippen LogP contribution < -0.4 is 5.32 Å². The number of hydrogen-bond acceptors (Lipinski definition) is 5. The van der Waals surface area contributed by atoms with Gasteiger partial charge in [0.1, 0.15) is 0 Å². The fraction of sp³-hybridized carbons (Fsp3) is 0.167. The maximum atomic E-state index is 12.3. The van der Waals surface area contributed by atoms with E-state index in [0.29, 0.717) is 11.1 Å². The molecule has 2 aromatic carbocycles. The average molecular weight is 339 g/mol. The first-order valence-electron chi connectivity index (χ1n) is 7.55. The summed E-state index contributed by atoms with van der Waals surface area (Å²) in [5.41, 5.74) is 2.73. The molecule has 5 nitrogen and oxygen atoms in total. The Morgan fingerprint density at radius 2 is 1.92 bits per heavy atom. The van der Waals surface area contributed by atoms with Gasteiger partial charge in [-0.1, -0.05) is 42.1 Å². The van der Waals surface area contributed by atoms with Crippen molar-refractivity contribution in [1.29, 1.82) is 0 Å². The highest BCUT2D eigenvalue weighted by molar-refractivity contribution is 8.00. The number of nitrogens with zero attached hydrogens (tertiary/aromatic N) is 2. The zero-order valence-electron chi connectivity index (χ0n) is 13.4. The number of aryl methyl sites for hydroxylation is 1. The van der Waals surface area contributed by atoms with Crippen LogP contribution in [0.3, 0.4) is 0 Å². The molecule has 3 rings (SSSR count). The molecule has 1 N–H and O–H groups in total. The second kappa shape index (κ2) is 7.31. The Labute approximate surface area is 144 Å². The van der Waals surface area contributed by atoms with Gasteiger partial charge in [-0.2, -0.15) is 0 Å². The molecule has 1 heterocycles. The molecule has 0 spiro atoms. The summed E-state index contributed by atoms with van der Waals surface area (Å²) in [5, 5.41) is 10.9. The standard InChI is InChI=1S/C18H17N3O2S/c1-12-7-6-10-15(11-12)19-16(22)13(2)24-18-21-20-17(23-18)14-8-4-3-5-9-14/h3-11,13H,1-2H3,(H,19,22). The number of benzene rings is 2. The van der Waals surface area contributed by atoms with Crippen molar-refractivity contribution < 1.29 is 9.21 Å². The minimum Gasteiger partial charge on any atom is -0.411 e. The summed E-state index contributed by atoms with van der Waals surface area (Å²) in [7, 11) is 0. The first-order chi connectivity index (χ1) is 11.6. The normalized spacial score (nSPS) is 11.9. The van der Waals surface area contributed by atoms with Crippen LogP contribution in [0.1, 0.15) is 12.5 Å². The van der Waals surface area contributed by atoms with E-state index in [-0.39, 0.29) is 11.2 Å². The second-order valence-corrected chi connectivity index (χ2v) is 6.65. The van der Waals surface area contributed by atoms with Crippen molar-refractivity contribution in [3.8, 4) is 11.5 Å². The van der Waals surface area contributed by atoms with Gasteiger partial charge in [0, 0.05) is 11.3 Å². The molecular weight excluding hydrogens is 322 g/mol. The Hall–Kier alpha value is -2.60. The predicted octanol–water partition coefficient (Wildman–Crippen LogP) is 4.16. The van der Waals surface area contributed by atoms with E-state index in [2.05, 4.69) is 15.5 Å². The highest BCUT2D eigenvalue weighted by Crippen LogP contribution is 2.26. The highest BCUT2D eigenvalue weighted by atomic mass is 32.2. The number of nitrogens with one attached hydrogen (secondary N) is 1. The van der Waals surface area contributed by atoms with E-state index in [1.807, 2.05) is 68.4 Å². The minimum absolute atomic E-state index is 0.106. The van der Waals surface area contributed by atoms with Crippen LogP contribution in [-0.4, -0.2) is 21.4 Å². The summed E-state index contributed by atoms with van der Waals surface area (Å²) in [6.45, 7) is 3.79. The SMILES string of the molecule is Cc1cccc(NC(=O)C(C)Sc2nnc(-c3ccccc3)o2)c1. The molecule has 0 aliphatic rings. The van der Waals surface area contributed by atoms with Gasteiger partial charge in [0.25, 0.3) is 5.22 Å². The monoisotopic (exact) mass is 339 g/mol. The van der Waals surface area contributed by atoms with Crippen molar-refractivity contribution in [2.24, 2.45) is 0 Å². The van der Waals surface area contributed by atoms with Gasteiger partial charge in [0.2, 0.25) is 11.8 Å². The lowest BCUT2D eigenvalue weighted by atomic mass is 10.2. The number of thioether (sulfide) groups is 1. The fourth-order valence-electron chi connectivity index (χ4n) is 2.13. The van der Waals surface area contributed by atoms with Crippen molar-refractivity contribution in [2.45, 2.75) is 24.3 Å². The molecule has 0 saturated heterocycles. The number of anilines is 1. The molecule has 24 heavy (non-hydrogen) atoms. The summed E-state index contributed by atoms with van der Waals surface area (Å²) in [4.78, 5) is 12.3.